The van der Waals surface area contributed by atoms with E-state index < -0.39 is 10.9 Å². The largest absolute Gasteiger partial charge is 0.457 e. The van der Waals surface area contributed by atoms with E-state index in [2.05, 4.69) is 22.0 Å². The molecule has 6 rings (SSSR count). The monoisotopic (exact) mass is 519 g/mol. The van der Waals surface area contributed by atoms with Gasteiger partial charge in [-0.05, 0) is 42.0 Å². The number of imidazole rings is 1. The van der Waals surface area contributed by atoms with Crippen LogP contribution in [0, 0.1) is 0 Å². The van der Waals surface area contributed by atoms with E-state index in [1.165, 1.54) is 0 Å². The number of rotatable bonds is 8. The lowest BCUT2D eigenvalue weighted by Crippen LogP contribution is -2.36. The average molecular weight is 520 g/mol. The molecule has 0 bridgehead atoms. The number of halogens is 1. The Balaban J connectivity index is 1.34. The van der Waals surface area contributed by atoms with Crippen LogP contribution >= 0.6 is 11.6 Å². The Morgan fingerprint density at radius 3 is 2.32 bits per heavy atom. The van der Waals surface area contributed by atoms with Crippen molar-refractivity contribution < 1.29 is 4.74 Å². The Morgan fingerprint density at radius 1 is 0.816 bits per heavy atom. The van der Waals surface area contributed by atoms with Crippen molar-refractivity contribution in [3.63, 3.8) is 0 Å². The predicted molar refractivity (Wildman–Crippen MR) is 151 cm³/mol. The number of hydrogen-bond acceptors (Lipinski definition) is 5. The van der Waals surface area contributed by atoms with Crippen molar-refractivity contribution in [3.8, 4) is 22.6 Å². The topological polar surface area (TPSA) is 73.2 Å². The molecular weight excluding hydrogens is 498 g/mol. The maximum absolute atomic E-state index is 12.8. The van der Waals surface area contributed by atoms with Crippen LogP contribution in [0.1, 0.15) is 11.4 Å². The summed E-state index contributed by atoms with van der Waals surface area (Å²) in [4.78, 5) is 30.3. The Labute approximate surface area is 223 Å². The lowest BCUT2D eigenvalue weighted by atomic mass is 9.97. The molecule has 0 aliphatic heterocycles. The molecule has 1 aromatic heterocycles. The molecule has 0 atom stereocenters. The third kappa shape index (κ3) is 4.46. The van der Waals surface area contributed by atoms with Gasteiger partial charge in [0.1, 0.15) is 17.3 Å². The fourth-order valence-electron chi connectivity index (χ4n) is 4.59. The molecule has 0 unspecified atom stereocenters. The molecule has 0 aliphatic rings. The number of ether oxygens (including phenoxy) is 1. The lowest BCUT2D eigenvalue weighted by Gasteiger charge is -2.17. The van der Waals surface area contributed by atoms with Crippen LogP contribution in [0.5, 0.6) is 11.5 Å². The highest BCUT2D eigenvalue weighted by atomic mass is 35.5. The molecular formula is C31H22ClN3O3. The molecule has 0 spiro atoms. The van der Waals surface area contributed by atoms with Gasteiger partial charge >= 0.3 is 0 Å². The van der Waals surface area contributed by atoms with E-state index in [1.54, 1.807) is 18.2 Å². The molecule has 0 saturated carbocycles. The fourth-order valence-corrected chi connectivity index (χ4v) is 4.75. The minimum absolute atomic E-state index is 0.244. The summed E-state index contributed by atoms with van der Waals surface area (Å²) in [5, 5.41) is 3.66. The first-order chi connectivity index (χ1) is 18.6. The van der Waals surface area contributed by atoms with Crippen molar-refractivity contribution in [2.75, 3.05) is 5.32 Å². The molecule has 5 aromatic carbocycles. The highest BCUT2D eigenvalue weighted by molar-refractivity contribution is 6.30. The van der Waals surface area contributed by atoms with Crippen LogP contribution in [0.15, 0.2) is 113 Å². The van der Waals surface area contributed by atoms with Crippen LogP contribution < -0.4 is 20.9 Å². The van der Waals surface area contributed by atoms with Crippen molar-refractivity contribution in [1.82, 2.24) is 9.55 Å². The fraction of sp³-hybridized carbons (Fsp3) is 0.0645. The van der Waals surface area contributed by atoms with Gasteiger partial charge in [-0.2, -0.15) is 0 Å². The van der Waals surface area contributed by atoms with E-state index in [0.29, 0.717) is 28.6 Å². The number of hydrogen-bond donors (Lipinski definition) is 1. The van der Waals surface area contributed by atoms with E-state index in [9.17, 15) is 9.59 Å². The number of benzene rings is 4. The summed E-state index contributed by atoms with van der Waals surface area (Å²) < 4.78 is 8.16. The Bertz CT molecular complexity index is 1820. The Morgan fingerprint density at radius 2 is 1.53 bits per heavy atom. The van der Waals surface area contributed by atoms with Gasteiger partial charge in [0.05, 0.1) is 28.8 Å². The third-order valence-electron chi connectivity index (χ3n) is 6.43. The number of fused-ring (bicyclic) bond motifs is 1. The van der Waals surface area contributed by atoms with Crippen LogP contribution in [0.4, 0.5) is 5.69 Å². The molecule has 0 radical (unpaired) electrons. The molecule has 7 heteroatoms. The van der Waals surface area contributed by atoms with E-state index in [-0.39, 0.29) is 17.8 Å². The first kappa shape index (κ1) is 23.7. The van der Waals surface area contributed by atoms with Crippen molar-refractivity contribution in [3.05, 3.63) is 140 Å². The maximum Gasteiger partial charge on any atom is 0.250 e. The van der Waals surface area contributed by atoms with Gasteiger partial charge in [0.2, 0.25) is 10.9 Å². The smallest absolute Gasteiger partial charge is 0.250 e. The van der Waals surface area contributed by atoms with Crippen LogP contribution in [0.3, 0.4) is 0 Å². The molecule has 0 aliphatic carbocycles. The molecule has 186 valence electrons. The summed E-state index contributed by atoms with van der Waals surface area (Å²) in [7, 11) is 0. The zero-order valence-electron chi connectivity index (χ0n) is 20.2. The Hall–Kier alpha value is -4.68. The van der Waals surface area contributed by atoms with Crippen LogP contribution in [-0.2, 0) is 13.1 Å². The van der Waals surface area contributed by atoms with Crippen LogP contribution in [-0.4, -0.2) is 9.55 Å². The van der Waals surface area contributed by atoms with Gasteiger partial charge in [-0.1, -0.05) is 72.3 Å². The number of aromatic nitrogens is 2. The average Bonchev–Trinajstić information content (AvgIpc) is 3.29. The van der Waals surface area contributed by atoms with Gasteiger partial charge < -0.3 is 14.6 Å². The number of nitrogens with zero attached hydrogens (tertiary/aromatic N) is 2. The predicted octanol–water partition coefficient (Wildman–Crippen LogP) is 6.41. The summed E-state index contributed by atoms with van der Waals surface area (Å²) >= 11 is 6.24. The summed E-state index contributed by atoms with van der Waals surface area (Å²) in [6.45, 7) is 0.894. The highest BCUT2D eigenvalue weighted by Gasteiger charge is 2.26. The minimum Gasteiger partial charge on any atom is -0.457 e. The van der Waals surface area contributed by atoms with Gasteiger partial charge in [0, 0.05) is 23.2 Å². The van der Waals surface area contributed by atoms with Gasteiger partial charge in [-0.25, -0.2) is 4.98 Å². The number of anilines is 1. The standard InChI is InChI=1S/C31H22ClN3O3/c32-21-15-16-23(26(17-21)38-22-11-5-2-6-12-22)28-29(31(37)30(28)36)33-18-27-34-24-13-7-8-14-25(24)35(27)19-20-9-3-1-4-10-20/h1-17,33H,18-19H2. The quantitative estimate of drug-likeness (QED) is 0.235. The molecule has 1 N–H and O–H groups in total. The van der Waals surface area contributed by atoms with Crippen molar-refractivity contribution in [1.29, 1.82) is 0 Å². The molecule has 6 aromatic rings. The second-order valence-electron chi connectivity index (χ2n) is 8.91. The molecule has 0 fully saturated rings. The minimum atomic E-state index is -0.564. The van der Waals surface area contributed by atoms with Gasteiger partial charge in [0.15, 0.2) is 0 Å². The molecule has 6 nitrogen and oxygen atoms in total. The SMILES string of the molecule is O=c1c(NCc2nc3ccccc3n2Cc2ccccc2)c(-c2ccc(Cl)cc2Oc2ccccc2)c1=O. The molecule has 38 heavy (non-hydrogen) atoms. The normalized spacial score (nSPS) is 11.2. The molecule has 0 amide bonds. The van der Waals surface area contributed by atoms with Crippen LogP contribution in [0.25, 0.3) is 22.2 Å². The maximum atomic E-state index is 12.8. The van der Waals surface area contributed by atoms with Gasteiger partial charge in [-0.15, -0.1) is 0 Å². The summed E-state index contributed by atoms with van der Waals surface area (Å²) in [5.74, 6) is 1.75. The van der Waals surface area contributed by atoms with E-state index in [4.69, 9.17) is 21.3 Å². The second kappa shape index (κ2) is 10.00. The van der Waals surface area contributed by atoms with E-state index >= 15 is 0 Å². The highest BCUT2D eigenvalue weighted by Crippen LogP contribution is 2.37. The summed E-state index contributed by atoms with van der Waals surface area (Å²) in [6.07, 6.45) is 0. The van der Waals surface area contributed by atoms with Crippen molar-refractivity contribution >= 4 is 28.3 Å². The van der Waals surface area contributed by atoms with Gasteiger partial charge in [0.25, 0.3) is 0 Å². The van der Waals surface area contributed by atoms with Gasteiger partial charge in [-0.3, -0.25) is 9.59 Å². The first-order valence-corrected chi connectivity index (χ1v) is 12.5. The van der Waals surface area contributed by atoms with E-state index in [0.717, 1.165) is 22.4 Å². The van der Waals surface area contributed by atoms with Crippen LogP contribution in [0.2, 0.25) is 5.02 Å². The molecule has 0 saturated heterocycles. The third-order valence-corrected chi connectivity index (χ3v) is 6.67. The van der Waals surface area contributed by atoms with E-state index in [1.807, 2.05) is 72.8 Å². The Kier molecular flexibility index (Phi) is 6.23. The summed E-state index contributed by atoms with van der Waals surface area (Å²) in [5.41, 5.74) is 2.89. The lowest BCUT2D eigenvalue weighted by molar-refractivity contribution is 0.484. The number of nitrogens with one attached hydrogen (secondary N) is 1. The van der Waals surface area contributed by atoms with Crippen molar-refractivity contribution in [2.45, 2.75) is 13.1 Å². The summed E-state index contributed by atoms with van der Waals surface area (Å²) in [6, 6.07) is 32.3. The second-order valence-corrected chi connectivity index (χ2v) is 9.34. The zero-order valence-corrected chi connectivity index (χ0v) is 21.0. The zero-order chi connectivity index (χ0) is 26.1. The van der Waals surface area contributed by atoms with Crippen molar-refractivity contribution in [2.24, 2.45) is 0 Å². The molecule has 1 heterocycles. The first-order valence-electron chi connectivity index (χ1n) is 12.2. The number of para-hydroxylation sites is 3.